The van der Waals surface area contributed by atoms with Gasteiger partial charge in [-0.15, -0.1) is 0 Å². The van der Waals surface area contributed by atoms with Gasteiger partial charge in [-0.05, 0) is 22.0 Å². The SMILES string of the molecule is O=COc1ccc(F)c(Br)n1. The standard InChI is InChI=1S/C6H3BrFNO2/c7-6-4(8)1-2-5(9-6)11-3-10/h1-3H. The first-order valence-electron chi connectivity index (χ1n) is 2.66. The van der Waals surface area contributed by atoms with E-state index in [1.165, 1.54) is 6.07 Å². The highest BCUT2D eigenvalue weighted by Gasteiger charge is 2.01. The van der Waals surface area contributed by atoms with Crippen molar-refractivity contribution in [2.75, 3.05) is 0 Å². The second-order valence-electron chi connectivity index (χ2n) is 1.64. The molecule has 0 N–H and O–H groups in total. The van der Waals surface area contributed by atoms with Gasteiger partial charge in [0.1, 0.15) is 4.60 Å². The van der Waals surface area contributed by atoms with E-state index in [2.05, 4.69) is 25.7 Å². The minimum Gasteiger partial charge on any atom is -0.410 e. The Hall–Kier alpha value is -0.970. The van der Waals surface area contributed by atoms with Crippen molar-refractivity contribution in [3.05, 3.63) is 22.6 Å². The largest absolute Gasteiger partial charge is 0.410 e. The summed E-state index contributed by atoms with van der Waals surface area (Å²) < 4.78 is 16.9. The molecule has 5 heteroatoms. The summed E-state index contributed by atoms with van der Waals surface area (Å²) in [5, 5.41) is 0. The van der Waals surface area contributed by atoms with Crippen LogP contribution in [0.5, 0.6) is 5.88 Å². The molecule has 1 heterocycles. The molecule has 0 atom stereocenters. The number of nitrogens with zero attached hydrogens (tertiary/aromatic N) is 1. The van der Waals surface area contributed by atoms with Crippen LogP contribution in [0.15, 0.2) is 16.7 Å². The molecule has 1 aromatic heterocycles. The Bertz CT molecular complexity index is 279. The zero-order valence-electron chi connectivity index (χ0n) is 5.25. The van der Waals surface area contributed by atoms with Gasteiger partial charge in [0.05, 0.1) is 0 Å². The Morgan fingerprint density at radius 3 is 2.91 bits per heavy atom. The van der Waals surface area contributed by atoms with E-state index >= 15 is 0 Å². The second kappa shape index (κ2) is 3.43. The van der Waals surface area contributed by atoms with E-state index < -0.39 is 5.82 Å². The number of carbonyl (C=O) groups excluding carboxylic acids is 1. The maximum absolute atomic E-state index is 12.5. The lowest BCUT2D eigenvalue weighted by Gasteiger charge is -1.96. The van der Waals surface area contributed by atoms with Gasteiger partial charge in [0.25, 0.3) is 6.47 Å². The topological polar surface area (TPSA) is 39.2 Å². The van der Waals surface area contributed by atoms with E-state index in [0.29, 0.717) is 0 Å². The molecule has 0 fully saturated rings. The lowest BCUT2D eigenvalue weighted by molar-refractivity contribution is -0.120. The monoisotopic (exact) mass is 219 g/mol. The van der Waals surface area contributed by atoms with E-state index in [0.717, 1.165) is 6.07 Å². The molecule has 0 saturated carbocycles. The number of hydrogen-bond donors (Lipinski definition) is 0. The minimum atomic E-state index is -0.497. The second-order valence-corrected chi connectivity index (χ2v) is 2.39. The summed E-state index contributed by atoms with van der Waals surface area (Å²) in [6, 6.07) is 2.41. The highest BCUT2D eigenvalue weighted by molar-refractivity contribution is 9.10. The number of ether oxygens (including phenoxy) is 1. The first kappa shape index (κ1) is 8.13. The zero-order chi connectivity index (χ0) is 8.27. The minimum absolute atomic E-state index is 0.0249. The van der Waals surface area contributed by atoms with E-state index in [4.69, 9.17) is 0 Å². The summed E-state index contributed by atoms with van der Waals surface area (Å²) in [6.07, 6.45) is 0. The molecule has 0 amide bonds. The number of rotatable bonds is 2. The molecule has 3 nitrogen and oxygen atoms in total. The van der Waals surface area contributed by atoms with Crippen LogP contribution in [0.4, 0.5) is 4.39 Å². The molecule has 11 heavy (non-hydrogen) atoms. The van der Waals surface area contributed by atoms with Crippen molar-refractivity contribution < 1.29 is 13.9 Å². The number of carbonyl (C=O) groups is 1. The summed E-state index contributed by atoms with van der Waals surface area (Å²) in [5.41, 5.74) is 0. The fourth-order valence-corrected chi connectivity index (χ4v) is 0.822. The van der Waals surface area contributed by atoms with Gasteiger partial charge in [0.15, 0.2) is 5.82 Å². The van der Waals surface area contributed by atoms with Crippen molar-refractivity contribution in [1.29, 1.82) is 0 Å². The number of hydrogen-bond acceptors (Lipinski definition) is 3. The summed E-state index contributed by atoms with van der Waals surface area (Å²) in [4.78, 5) is 13.3. The Balaban J connectivity index is 2.95. The van der Waals surface area contributed by atoms with Crippen molar-refractivity contribution >= 4 is 22.4 Å². The summed E-state index contributed by atoms with van der Waals surface area (Å²) in [6.45, 7) is 0.229. The van der Waals surface area contributed by atoms with Crippen LogP contribution in [0.3, 0.4) is 0 Å². The Morgan fingerprint density at radius 1 is 1.64 bits per heavy atom. The molecule has 0 aliphatic heterocycles. The van der Waals surface area contributed by atoms with Crippen LogP contribution in [0, 0.1) is 5.82 Å². The quantitative estimate of drug-likeness (QED) is 0.560. The molecule has 0 aromatic carbocycles. The average Bonchev–Trinajstić information content (AvgIpc) is 1.98. The van der Waals surface area contributed by atoms with Crippen molar-refractivity contribution in [3.63, 3.8) is 0 Å². The molecule has 0 bridgehead atoms. The van der Waals surface area contributed by atoms with Crippen LogP contribution in [0.25, 0.3) is 0 Å². The summed E-state index contributed by atoms with van der Waals surface area (Å²) in [5.74, 6) is -0.434. The van der Waals surface area contributed by atoms with Crippen molar-refractivity contribution in [2.45, 2.75) is 0 Å². The van der Waals surface area contributed by atoms with Crippen LogP contribution in [0.2, 0.25) is 0 Å². The van der Waals surface area contributed by atoms with Gasteiger partial charge >= 0.3 is 0 Å². The molecule has 1 rings (SSSR count). The molecule has 58 valence electrons. The maximum Gasteiger partial charge on any atom is 0.299 e. The predicted molar refractivity (Wildman–Crippen MR) is 38.6 cm³/mol. The van der Waals surface area contributed by atoms with E-state index in [1.54, 1.807) is 0 Å². The highest BCUT2D eigenvalue weighted by atomic mass is 79.9. The lowest BCUT2D eigenvalue weighted by atomic mass is 10.5. The number of pyridine rings is 1. The third-order valence-corrected chi connectivity index (χ3v) is 1.50. The van der Waals surface area contributed by atoms with Gasteiger partial charge in [-0.25, -0.2) is 9.37 Å². The van der Waals surface area contributed by atoms with Crippen LogP contribution < -0.4 is 4.74 Å². The average molecular weight is 220 g/mol. The Morgan fingerprint density at radius 2 is 2.36 bits per heavy atom. The molecule has 0 aliphatic rings. The Labute approximate surface area is 70.3 Å². The van der Waals surface area contributed by atoms with Crippen LogP contribution in [-0.4, -0.2) is 11.5 Å². The van der Waals surface area contributed by atoms with E-state index in [9.17, 15) is 9.18 Å². The predicted octanol–water partition coefficient (Wildman–Crippen LogP) is 1.52. The van der Waals surface area contributed by atoms with Crippen LogP contribution in [0.1, 0.15) is 0 Å². The molecule has 0 saturated heterocycles. The molecular weight excluding hydrogens is 217 g/mol. The molecule has 0 radical (unpaired) electrons. The van der Waals surface area contributed by atoms with Crippen LogP contribution >= 0.6 is 15.9 Å². The molecule has 1 aromatic rings. The van der Waals surface area contributed by atoms with E-state index in [-0.39, 0.29) is 17.0 Å². The Kier molecular flexibility index (Phi) is 2.53. The van der Waals surface area contributed by atoms with Crippen molar-refractivity contribution in [2.24, 2.45) is 0 Å². The zero-order valence-corrected chi connectivity index (χ0v) is 6.84. The highest BCUT2D eigenvalue weighted by Crippen LogP contribution is 2.15. The van der Waals surface area contributed by atoms with Gasteiger partial charge in [-0.2, -0.15) is 0 Å². The molecule has 0 spiro atoms. The molecule has 0 unspecified atom stereocenters. The lowest BCUT2D eigenvalue weighted by Crippen LogP contribution is -1.92. The normalized spacial score (nSPS) is 9.27. The summed E-state index contributed by atoms with van der Waals surface area (Å²) >= 11 is 2.83. The number of halogens is 2. The van der Waals surface area contributed by atoms with Crippen molar-refractivity contribution in [1.82, 2.24) is 4.98 Å². The van der Waals surface area contributed by atoms with Gasteiger partial charge in [0.2, 0.25) is 5.88 Å². The first-order chi connectivity index (χ1) is 5.24. The van der Waals surface area contributed by atoms with Crippen LogP contribution in [-0.2, 0) is 4.79 Å². The van der Waals surface area contributed by atoms with Gasteiger partial charge in [-0.1, -0.05) is 0 Å². The number of aromatic nitrogens is 1. The van der Waals surface area contributed by atoms with Gasteiger partial charge in [-0.3, -0.25) is 4.79 Å². The van der Waals surface area contributed by atoms with Crippen molar-refractivity contribution in [3.8, 4) is 5.88 Å². The fourth-order valence-electron chi connectivity index (χ4n) is 0.516. The smallest absolute Gasteiger partial charge is 0.299 e. The fraction of sp³-hybridized carbons (Fsp3) is 0. The third-order valence-electron chi connectivity index (χ3n) is 0.947. The van der Waals surface area contributed by atoms with E-state index in [1.807, 2.05) is 0 Å². The maximum atomic E-state index is 12.5. The molecular formula is C6H3BrFNO2. The third kappa shape index (κ3) is 1.98. The van der Waals surface area contributed by atoms with Gasteiger partial charge in [0, 0.05) is 6.07 Å². The first-order valence-corrected chi connectivity index (χ1v) is 3.45. The molecule has 0 aliphatic carbocycles. The van der Waals surface area contributed by atoms with Gasteiger partial charge < -0.3 is 4.74 Å². The summed E-state index contributed by atoms with van der Waals surface area (Å²) in [7, 11) is 0.